The van der Waals surface area contributed by atoms with Gasteiger partial charge >= 0.3 is 59.1 Å². The minimum Gasteiger partial charge on any atom is -0.744 e. The SMILES string of the molecule is N=C1C=CC2=CC(S(=O)(=O)[O-])=CC(=O)C2=C1NNc1ccc(-c2ccc(N=Nc3cc(S(=O)(=O)[O-])c4ccccc4c3N)cc2)cc1.[Na+].[Na+]. The van der Waals surface area contributed by atoms with E-state index in [0.29, 0.717) is 16.8 Å². The van der Waals surface area contributed by atoms with Gasteiger partial charge in [0, 0.05) is 16.8 Å². The fourth-order valence-corrected chi connectivity index (χ4v) is 6.25. The topological polar surface area (TPSA) is 230 Å². The predicted molar refractivity (Wildman–Crippen MR) is 174 cm³/mol. The Labute approximate surface area is 325 Å². The molecule has 0 radical (unpaired) electrons. The number of azo groups is 1. The second kappa shape index (κ2) is 15.0. The van der Waals surface area contributed by atoms with Gasteiger partial charge in [-0.2, -0.15) is 5.11 Å². The largest absolute Gasteiger partial charge is 1.00 e. The van der Waals surface area contributed by atoms with Gasteiger partial charge in [0.15, 0.2) is 5.78 Å². The zero-order chi connectivity index (χ0) is 33.5. The molecule has 0 fully saturated rings. The van der Waals surface area contributed by atoms with Crippen LogP contribution in [-0.2, 0) is 25.0 Å². The number of carbonyl (C=O) groups excluding carboxylic acids is 1. The van der Waals surface area contributed by atoms with E-state index in [4.69, 9.17) is 11.1 Å². The zero-order valence-electron chi connectivity index (χ0n) is 26.0. The van der Waals surface area contributed by atoms with Crippen molar-refractivity contribution < 1.29 is 89.9 Å². The number of hydrazine groups is 1. The van der Waals surface area contributed by atoms with Gasteiger partial charge in [-0.05, 0) is 59.2 Å². The maximum atomic E-state index is 12.7. The number of hydrogen-bond acceptors (Lipinski definition) is 13. The fourth-order valence-electron chi connectivity index (χ4n) is 5.03. The Kier molecular flexibility index (Phi) is 11.7. The Bertz CT molecular complexity index is 2390. The molecular weight excluding hydrogens is 691 g/mol. The molecule has 4 aromatic carbocycles. The number of anilines is 2. The summed E-state index contributed by atoms with van der Waals surface area (Å²) in [5.74, 6) is -0.713. The van der Waals surface area contributed by atoms with E-state index in [1.807, 2.05) is 12.1 Å². The summed E-state index contributed by atoms with van der Waals surface area (Å²) in [6.07, 6.45) is 4.62. The van der Waals surface area contributed by atoms with Crippen LogP contribution in [0.2, 0.25) is 0 Å². The van der Waals surface area contributed by atoms with E-state index >= 15 is 0 Å². The first kappa shape index (κ1) is 38.1. The number of nitrogens with zero attached hydrogens (tertiary/aromatic N) is 2. The number of benzene rings is 4. The molecule has 2 aliphatic carbocycles. The summed E-state index contributed by atoms with van der Waals surface area (Å²) in [7, 11) is -9.62. The molecule has 0 amide bonds. The van der Waals surface area contributed by atoms with Crippen molar-refractivity contribution in [3.8, 4) is 11.1 Å². The van der Waals surface area contributed by atoms with E-state index < -0.39 is 35.8 Å². The number of allylic oxidation sites excluding steroid dienone is 6. The smallest absolute Gasteiger partial charge is 0.744 e. The van der Waals surface area contributed by atoms with Crippen molar-refractivity contribution in [1.82, 2.24) is 5.43 Å². The van der Waals surface area contributed by atoms with Gasteiger partial charge in [-0.25, -0.2) is 16.8 Å². The number of nitrogens with two attached hydrogens (primary N) is 1. The molecule has 17 heteroatoms. The van der Waals surface area contributed by atoms with E-state index in [-0.39, 0.29) is 98.4 Å². The first-order valence-electron chi connectivity index (χ1n) is 13.7. The molecule has 236 valence electrons. The third-order valence-electron chi connectivity index (χ3n) is 7.33. The van der Waals surface area contributed by atoms with Crippen LogP contribution in [0, 0.1) is 5.41 Å². The number of rotatable bonds is 8. The van der Waals surface area contributed by atoms with E-state index in [1.165, 1.54) is 18.2 Å². The molecule has 0 atom stereocenters. The number of nitrogen functional groups attached to an aromatic ring is 1. The standard InChI is InChI=1S/C32H24N6O7S2.2Na/c33-26-14-9-20-15-23(46(40,41)42)16-28(39)30(20)32(26)38-36-22-12-7-19(8-13-22)18-5-10-21(11-6-18)35-37-27-17-29(47(43,44)45)24-3-1-2-4-25(24)31(27)34;;/h1-17,33,36,38H,34H2,(H,40,41,42)(H,43,44,45);;/q;2*+1/p-2. The second-order valence-corrected chi connectivity index (χ2v) is 13.1. The number of ketones is 1. The molecule has 49 heavy (non-hydrogen) atoms. The molecule has 0 bridgehead atoms. The van der Waals surface area contributed by atoms with Gasteiger partial charge < -0.3 is 20.3 Å². The molecule has 13 nitrogen and oxygen atoms in total. The molecule has 0 saturated carbocycles. The molecule has 0 aromatic heterocycles. The monoisotopic (exact) mass is 712 g/mol. The van der Waals surface area contributed by atoms with E-state index in [0.717, 1.165) is 29.3 Å². The fraction of sp³-hybridized carbons (Fsp3) is 0. The second-order valence-electron chi connectivity index (χ2n) is 10.3. The van der Waals surface area contributed by atoms with Gasteiger partial charge in [0.1, 0.15) is 25.9 Å². The Morgan fingerprint density at radius 3 is 1.96 bits per heavy atom. The van der Waals surface area contributed by atoms with Gasteiger partial charge in [-0.1, -0.05) is 54.6 Å². The molecule has 6 rings (SSSR count). The van der Waals surface area contributed by atoms with Crippen molar-refractivity contribution in [3.63, 3.8) is 0 Å². The summed E-state index contributed by atoms with van der Waals surface area (Å²) in [6, 6.07) is 21.7. The third-order valence-corrected chi connectivity index (χ3v) is 9.02. The number of hydrogen-bond donors (Lipinski definition) is 4. The van der Waals surface area contributed by atoms with Gasteiger partial charge in [0.25, 0.3) is 0 Å². The normalized spacial score (nSPS) is 14.5. The zero-order valence-corrected chi connectivity index (χ0v) is 31.6. The van der Waals surface area contributed by atoms with E-state index in [1.54, 1.807) is 54.6 Å². The summed E-state index contributed by atoms with van der Waals surface area (Å²) >= 11 is 0. The van der Waals surface area contributed by atoms with Crippen molar-refractivity contribution in [3.05, 3.63) is 125 Å². The maximum absolute atomic E-state index is 12.7. The molecule has 0 heterocycles. The van der Waals surface area contributed by atoms with Crippen LogP contribution in [0.15, 0.2) is 140 Å². The predicted octanol–water partition coefficient (Wildman–Crippen LogP) is -0.885. The van der Waals surface area contributed by atoms with Crippen LogP contribution in [0.4, 0.5) is 22.7 Å². The molecule has 0 spiro atoms. The summed E-state index contributed by atoms with van der Waals surface area (Å²) in [5.41, 5.74) is 15.3. The number of nitrogens with one attached hydrogen (secondary N) is 3. The van der Waals surface area contributed by atoms with Gasteiger partial charge in [-0.15, -0.1) is 5.11 Å². The molecular formula is C32H22N6Na2O7S2. The van der Waals surface area contributed by atoms with E-state index in [2.05, 4.69) is 21.1 Å². The van der Waals surface area contributed by atoms with Crippen LogP contribution in [0.3, 0.4) is 0 Å². The van der Waals surface area contributed by atoms with Crippen LogP contribution in [-0.4, -0.2) is 37.4 Å². The Morgan fingerprint density at radius 2 is 1.35 bits per heavy atom. The Morgan fingerprint density at radius 1 is 0.735 bits per heavy atom. The number of carbonyl (C=O) groups is 1. The minimum absolute atomic E-state index is 0. The summed E-state index contributed by atoms with van der Waals surface area (Å²) in [6.45, 7) is 0. The van der Waals surface area contributed by atoms with Gasteiger partial charge in [-0.3, -0.25) is 15.6 Å². The van der Waals surface area contributed by atoms with Crippen LogP contribution in [0.25, 0.3) is 21.9 Å². The molecule has 0 saturated heterocycles. The first-order valence-corrected chi connectivity index (χ1v) is 16.5. The summed E-state index contributed by atoms with van der Waals surface area (Å²) in [4.78, 5) is 11.6. The Balaban J connectivity index is 0.00000270. The van der Waals surface area contributed by atoms with Crippen LogP contribution in [0.5, 0.6) is 0 Å². The number of fused-ring (bicyclic) bond motifs is 2. The third kappa shape index (κ3) is 8.19. The molecule has 5 N–H and O–H groups in total. The minimum atomic E-state index is -4.83. The van der Waals surface area contributed by atoms with E-state index in [9.17, 15) is 30.7 Å². The van der Waals surface area contributed by atoms with Crippen LogP contribution >= 0.6 is 0 Å². The molecule has 0 aliphatic heterocycles. The summed E-state index contributed by atoms with van der Waals surface area (Å²) < 4.78 is 69.8. The van der Waals surface area contributed by atoms with Crippen LogP contribution < -0.4 is 75.7 Å². The van der Waals surface area contributed by atoms with Crippen molar-refractivity contribution in [1.29, 1.82) is 5.41 Å². The maximum Gasteiger partial charge on any atom is 1.00 e. The van der Waals surface area contributed by atoms with Crippen molar-refractivity contribution in [2.75, 3.05) is 11.2 Å². The summed E-state index contributed by atoms with van der Waals surface area (Å²) in [5, 5.41) is 17.1. The Hall–Kier alpha value is -3.74. The molecule has 2 aliphatic rings. The van der Waals surface area contributed by atoms with Crippen molar-refractivity contribution in [2.45, 2.75) is 4.90 Å². The van der Waals surface area contributed by atoms with Crippen molar-refractivity contribution >= 4 is 65.3 Å². The van der Waals surface area contributed by atoms with Crippen molar-refractivity contribution in [2.24, 2.45) is 10.2 Å². The van der Waals surface area contributed by atoms with Gasteiger partial charge in [0.2, 0.25) is 0 Å². The first-order chi connectivity index (χ1) is 22.3. The average molecular weight is 713 g/mol. The molecule has 0 unspecified atom stereocenters. The van der Waals surface area contributed by atoms with Gasteiger partial charge in [0.05, 0.1) is 43.8 Å². The average Bonchev–Trinajstić information content (AvgIpc) is 3.03. The van der Waals surface area contributed by atoms with Crippen LogP contribution in [0.1, 0.15) is 0 Å². The molecule has 4 aromatic rings. The quantitative estimate of drug-likeness (QED) is 0.0579.